The van der Waals surface area contributed by atoms with Crippen LogP contribution in [0.4, 0.5) is 23.2 Å². The van der Waals surface area contributed by atoms with Gasteiger partial charge in [-0.2, -0.15) is 8.42 Å². The number of aromatic nitrogens is 4. The Morgan fingerprint density at radius 1 is 0.693 bits per heavy atom. The number of carbonyl (C=O) groups is 6. The van der Waals surface area contributed by atoms with Crippen LogP contribution in [-0.2, 0) is 63.8 Å². The topological polar surface area (TPSA) is 257 Å². The molecule has 5 amide bonds. The number of imide groups is 1. The van der Waals surface area contributed by atoms with Crippen LogP contribution in [0.3, 0.4) is 0 Å². The molecule has 8 rings (SSSR count). The van der Waals surface area contributed by atoms with Crippen molar-refractivity contribution >= 4 is 73.1 Å². The monoisotopic (exact) mass is 1230 g/mol. The van der Waals surface area contributed by atoms with Crippen LogP contribution in [-0.4, -0.2) is 91.8 Å². The minimum atomic E-state index is -4.65. The number of anilines is 1. The third kappa shape index (κ3) is 17.6. The van der Waals surface area contributed by atoms with Crippen molar-refractivity contribution in [1.29, 1.82) is 0 Å². The minimum absolute atomic E-state index is 0. The molecule has 4 N–H and O–H groups in total. The van der Waals surface area contributed by atoms with Gasteiger partial charge in [-0.15, -0.1) is 29.3 Å². The van der Waals surface area contributed by atoms with Crippen molar-refractivity contribution in [2.75, 3.05) is 17.6 Å². The number of halogens is 4. The molecule has 1 atom stereocenters. The molecular formula is C51H44F4IrN8O10S-2. The molecule has 1 fully saturated rings. The molecule has 0 spiro atoms. The van der Waals surface area contributed by atoms with E-state index in [0.29, 0.717) is 38.6 Å². The predicted molar refractivity (Wildman–Crippen MR) is 259 cm³/mol. The molecule has 0 saturated carbocycles. The summed E-state index contributed by atoms with van der Waals surface area (Å²) < 4.78 is 83.8. The summed E-state index contributed by atoms with van der Waals surface area (Å²) in [5.41, 5.74) is 3.10. The number of nitrogens with zero attached hydrogens (tertiary/aromatic N) is 5. The molecule has 1 aliphatic rings. The van der Waals surface area contributed by atoms with Gasteiger partial charge in [-0.1, -0.05) is 59.7 Å². The summed E-state index contributed by atoms with van der Waals surface area (Å²) in [5.74, 6) is -7.64. The second-order valence-electron chi connectivity index (χ2n) is 16.0. The van der Waals surface area contributed by atoms with Crippen molar-refractivity contribution in [3.8, 4) is 22.5 Å². The molecule has 75 heavy (non-hydrogen) atoms. The van der Waals surface area contributed by atoms with Crippen molar-refractivity contribution in [1.82, 2.24) is 35.6 Å². The smallest absolute Gasteiger partial charge is 0.333 e. The van der Waals surface area contributed by atoms with Crippen LogP contribution in [0.15, 0.2) is 116 Å². The fraction of sp³-hybridized carbons (Fsp3) is 0.216. The average molecular weight is 1230 g/mol. The summed E-state index contributed by atoms with van der Waals surface area (Å²) in [4.78, 5) is 94.0. The number of carbonyl (C=O) groups excluding carboxylic acids is 6. The first kappa shape index (κ1) is 58.0. The molecule has 5 heterocycles. The summed E-state index contributed by atoms with van der Waals surface area (Å²) in [6.07, 6.45) is 6.34. The molecule has 1 saturated heterocycles. The van der Waals surface area contributed by atoms with Crippen molar-refractivity contribution < 1.29 is 84.2 Å². The summed E-state index contributed by atoms with van der Waals surface area (Å²) in [6, 6.07) is 26.5. The number of hydroxylamine groups is 2. The van der Waals surface area contributed by atoms with Gasteiger partial charge in [-0.05, 0) is 61.0 Å². The van der Waals surface area contributed by atoms with Gasteiger partial charge >= 0.3 is 5.97 Å². The predicted octanol–water partition coefficient (Wildman–Crippen LogP) is 6.81. The van der Waals surface area contributed by atoms with Crippen LogP contribution in [0.25, 0.3) is 44.3 Å². The van der Waals surface area contributed by atoms with Crippen LogP contribution in [0, 0.1) is 35.4 Å². The van der Waals surface area contributed by atoms with E-state index in [2.05, 4.69) is 48.0 Å². The second kappa shape index (κ2) is 27.9. The van der Waals surface area contributed by atoms with E-state index in [0.717, 1.165) is 29.7 Å². The molecule has 1 unspecified atom stereocenters. The second-order valence-corrected chi connectivity index (χ2v) is 17.5. The third-order valence-corrected chi connectivity index (χ3v) is 11.2. The summed E-state index contributed by atoms with van der Waals surface area (Å²) in [5, 5.41) is 9.51. The molecule has 0 bridgehead atoms. The van der Waals surface area contributed by atoms with Crippen molar-refractivity contribution in [3.63, 3.8) is 0 Å². The van der Waals surface area contributed by atoms with Gasteiger partial charge in [0, 0.05) is 118 Å². The zero-order valence-corrected chi connectivity index (χ0v) is 42.4. The maximum atomic E-state index is 13.2. The largest absolute Gasteiger partial charge is 0.354 e. The van der Waals surface area contributed by atoms with Gasteiger partial charge in [0.1, 0.15) is 11.8 Å². The van der Waals surface area contributed by atoms with E-state index >= 15 is 0 Å². The Kier molecular flexibility index (Phi) is 21.6. The SMILES string of the molecule is Fc1c[c-]c(-c2ccccn2)c(F)c1.Fc1c[c-]c(-c2ccccn2)c(F)c1.O=C(CCCC(=O)NC(CS(=O)(=O)O)C(=O)NCCCCC(=O)ON1C(=O)CCC1=O)Nc1ccnc2c1ccc1cccnc12.[Ir]. The van der Waals surface area contributed by atoms with Crippen molar-refractivity contribution in [2.45, 2.75) is 57.4 Å². The van der Waals surface area contributed by atoms with Crippen LogP contribution >= 0.6 is 0 Å². The zero-order chi connectivity index (χ0) is 53.2. The number of fused-ring (bicyclic) bond motifs is 3. The van der Waals surface area contributed by atoms with Gasteiger partial charge in [0.2, 0.25) is 17.7 Å². The van der Waals surface area contributed by atoms with E-state index in [-0.39, 0.29) is 95.1 Å². The average Bonchev–Trinajstić information content (AvgIpc) is 3.68. The molecule has 18 nitrogen and oxygen atoms in total. The number of unbranched alkanes of at least 4 members (excludes halogenated alkanes) is 1. The van der Waals surface area contributed by atoms with Crippen LogP contribution in [0.5, 0.6) is 0 Å². The number of pyridine rings is 4. The van der Waals surface area contributed by atoms with Gasteiger partial charge in [-0.3, -0.25) is 56.1 Å². The molecule has 3 aromatic carbocycles. The molecular weight excluding hydrogens is 1180 g/mol. The number of benzene rings is 3. The quantitative estimate of drug-likeness (QED) is 0.0183. The van der Waals surface area contributed by atoms with Crippen LogP contribution in [0.2, 0.25) is 0 Å². The Hall–Kier alpha value is -7.92. The summed E-state index contributed by atoms with van der Waals surface area (Å²) >= 11 is 0. The maximum Gasteiger partial charge on any atom is 0.333 e. The molecule has 24 heteroatoms. The van der Waals surface area contributed by atoms with E-state index in [1.807, 2.05) is 24.3 Å². The van der Waals surface area contributed by atoms with E-state index in [1.54, 1.807) is 67.3 Å². The third-order valence-electron chi connectivity index (χ3n) is 10.5. The summed E-state index contributed by atoms with van der Waals surface area (Å²) in [6.45, 7) is -0.0126. The molecule has 0 aliphatic carbocycles. The van der Waals surface area contributed by atoms with Crippen LogP contribution < -0.4 is 16.0 Å². The molecule has 1 radical (unpaired) electrons. The van der Waals surface area contributed by atoms with Gasteiger partial charge < -0.3 is 30.8 Å². The molecule has 4 aromatic heterocycles. The first-order valence-corrected chi connectivity index (χ1v) is 24.1. The van der Waals surface area contributed by atoms with Crippen LogP contribution in [0.1, 0.15) is 51.4 Å². The van der Waals surface area contributed by atoms with Crippen molar-refractivity contribution in [2.24, 2.45) is 0 Å². The first-order chi connectivity index (χ1) is 35.4. The number of rotatable bonds is 17. The van der Waals surface area contributed by atoms with E-state index in [4.69, 9.17) is 4.84 Å². The molecule has 7 aromatic rings. The Balaban J connectivity index is 0.000000287. The fourth-order valence-corrected chi connectivity index (χ4v) is 7.64. The van der Waals surface area contributed by atoms with Gasteiger partial charge in [0.05, 0.1) is 16.7 Å². The van der Waals surface area contributed by atoms with Gasteiger partial charge in [0.25, 0.3) is 21.9 Å². The standard InChI is InChI=1S/C29H32N6O10S.2C11H6F2N.Ir/c36-22(33-20-13-16-31-28-19(20)10-9-18-5-4-15-30-27(18)28)6-3-7-23(37)34-21(17-46(42,43)44)29(41)32-14-2-1-8-26(40)45-35-24(38)11-12-25(35)39;2*12-8-4-5-9(10(13)7-8)11-3-1-2-6-14-11;/h4-5,9-10,13,15-16,21H,1-3,6-8,11-12,14,17H2,(H,32,41)(H,34,37)(H,31,33,36)(H,42,43,44);2*1-4,6-7H;/q;2*-1;. The Labute approximate surface area is 439 Å². The normalized spacial score (nSPS) is 12.3. The number of amides is 5. The first-order valence-electron chi connectivity index (χ1n) is 22.5. The van der Waals surface area contributed by atoms with Crippen molar-refractivity contribution in [3.05, 3.63) is 151 Å². The minimum Gasteiger partial charge on any atom is -0.354 e. The Bertz CT molecular complexity index is 3170. The van der Waals surface area contributed by atoms with E-state index < -0.39 is 74.8 Å². The number of hydrogen-bond acceptors (Lipinski definition) is 13. The van der Waals surface area contributed by atoms with Gasteiger partial charge in [0.15, 0.2) is 0 Å². The number of hydrogen-bond donors (Lipinski definition) is 4. The maximum absolute atomic E-state index is 13.2. The zero-order valence-electron chi connectivity index (χ0n) is 39.2. The Morgan fingerprint density at radius 3 is 1.85 bits per heavy atom. The Morgan fingerprint density at radius 2 is 1.28 bits per heavy atom. The number of nitrogens with one attached hydrogen (secondary N) is 3. The summed E-state index contributed by atoms with van der Waals surface area (Å²) in [7, 11) is -4.65. The van der Waals surface area contributed by atoms with Gasteiger partial charge in [-0.25, -0.2) is 4.79 Å². The molecule has 1 aliphatic heterocycles. The van der Waals surface area contributed by atoms with E-state index in [9.17, 15) is 59.3 Å². The molecule has 393 valence electrons. The van der Waals surface area contributed by atoms with E-state index in [1.165, 1.54) is 0 Å². The fourth-order valence-electron chi connectivity index (χ4n) is 6.98.